The standard InChI is InChI=1S/C32H35N5O5S2/c1-4-41-23-16-14-22(15-17-23)37-26(19-33-27(38)18-21-10-7-6-8-11-21)35-36-32(37)43-20(3)29(39)34-30-28(31(40)42-5-2)24-12-9-13-25(24)44-30/h6-8,10-11,14-17,20H,4-5,9,12-13,18-19H2,1-3H3,(H,33,38)(H,34,39). The van der Waals surface area contributed by atoms with Gasteiger partial charge in [0, 0.05) is 10.6 Å². The maximum Gasteiger partial charge on any atom is 0.341 e. The average Bonchev–Trinajstić information content (AvgIpc) is 3.72. The number of aryl methyl sites for hydroxylation is 1. The second-order valence-corrected chi connectivity index (χ2v) is 12.5. The topological polar surface area (TPSA) is 124 Å². The van der Waals surface area contributed by atoms with Gasteiger partial charge in [0.05, 0.1) is 37.0 Å². The minimum absolute atomic E-state index is 0.139. The Morgan fingerprint density at radius 3 is 2.52 bits per heavy atom. The Balaban J connectivity index is 1.34. The molecule has 4 aromatic rings. The van der Waals surface area contributed by atoms with Crippen molar-refractivity contribution in [3.8, 4) is 11.4 Å². The second kappa shape index (κ2) is 14.5. The maximum absolute atomic E-state index is 13.4. The van der Waals surface area contributed by atoms with Gasteiger partial charge < -0.3 is 20.1 Å². The van der Waals surface area contributed by atoms with Gasteiger partial charge in [-0.15, -0.1) is 21.5 Å². The quantitative estimate of drug-likeness (QED) is 0.149. The first kappa shape index (κ1) is 31.3. The van der Waals surface area contributed by atoms with Crippen LogP contribution in [-0.4, -0.2) is 51.0 Å². The van der Waals surface area contributed by atoms with E-state index in [1.807, 2.05) is 66.1 Å². The van der Waals surface area contributed by atoms with Crippen molar-refractivity contribution in [3.05, 3.63) is 82.0 Å². The highest BCUT2D eigenvalue weighted by atomic mass is 32.2. The molecule has 0 saturated carbocycles. The number of rotatable bonds is 13. The highest BCUT2D eigenvalue weighted by Gasteiger charge is 2.30. The van der Waals surface area contributed by atoms with Gasteiger partial charge in [0.15, 0.2) is 11.0 Å². The summed E-state index contributed by atoms with van der Waals surface area (Å²) in [4.78, 5) is 40.0. The molecule has 2 aromatic carbocycles. The van der Waals surface area contributed by atoms with E-state index >= 15 is 0 Å². The number of carbonyl (C=O) groups is 3. The van der Waals surface area contributed by atoms with Crippen LogP contribution in [0.15, 0.2) is 59.8 Å². The van der Waals surface area contributed by atoms with Gasteiger partial charge in [0.25, 0.3) is 0 Å². The Morgan fingerprint density at radius 1 is 1.02 bits per heavy atom. The molecule has 12 heteroatoms. The zero-order valence-corrected chi connectivity index (χ0v) is 26.6. The van der Waals surface area contributed by atoms with Crippen molar-refractivity contribution in [2.24, 2.45) is 0 Å². The molecule has 1 aliphatic rings. The molecule has 1 unspecified atom stereocenters. The van der Waals surface area contributed by atoms with E-state index in [4.69, 9.17) is 9.47 Å². The number of ether oxygens (including phenoxy) is 2. The summed E-state index contributed by atoms with van der Waals surface area (Å²) in [6.07, 6.45) is 2.93. The van der Waals surface area contributed by atoms with E-state index in [0.29, 0.717) is 28.2 Å². The summed E-state index contributed by atoms with van der Waals surface area (Å²) in [5.74, 6) is 0.435. The molecule has 44 heavy (non-hydrogen) atoms. The number of hydrogen-bond donors (Lipinski definition) is 2. The number of thiophene rings is 1. The Morgan fingerprint density at radius 2 is 1.80 bits per heavy atom. The molecule has 0 bridgehead atoms. The summed E-state index contributed by atoms with van der Waals surface area (Å²) in [5.41, 5.74) is 3.13. The predicted molar refractivity (Wildman–Crippen MR) is 171 cm³/mol. The van der Waals surface area contributed by atoms with Gasteiger partial charge in [0.1, 0.15) is 10.8 Å². The molecule has 1 aliphatic carbocycles. The minimum Gasteiger partial charge on any atom is -0.494 e. The molecule has 0 saturated heterocycles. The van der Waals surface area contributed by atoms with E-state index in [0.717, 1.165) is 46.7 Å². The van der Waals surface area contributed by atoms with E-state index in [1.165, 1.54) is 23.1 Å². The highest BCUT2D eigenvalue weighted by molar-refractivity contribution is 8.00. The number of amides is 2. The van der Waals surface area contributed by atoms with Crippen LogP contribution in [0, 0.1) is 0 Å². The lowest BCUT2D eigenvalue weighted by Gasteiger charge is -2.15. The Bertz CT molecular complexity index is 1620. The molecular weight excluding hydrogens is 599 g/mol. The van der Waals surface area contributed by atoms with Crippen molar-refractivity contribution in [2.45, 2.75) is 63.4 Å². The van der Waals surface area contributed by atoms with E-state index in [-0.39, 0.29) is 31.4 Å². The van der Waals surface area contributed by atoms with E-state index in [1.54, 1.807) is 13.8 Å². The van der Waals surface area contributed by atoms with Gasteiger partial charge in [-0.1, -0.05) is 42.1 Å². The number of carbonyl (C=O) groups excluding carboxylic acids is 3. The van der Waals surface area contributed by atoms with E-state index < -0.39 is 11.2 Å². The lowest BCUT2D eigenvalue weighted by Crippen LogP contribution is -2.26. The molecule has 2 heterocycles. The van der Waals surface area contributed by atoms with Gasteiger partial charge in [-0.25, -0.2) is 4.79 Å². The molecule has 0 aliphatic heterocycles. The molecule has 230 valence electrons. The van der Waals surface area contributed by atoms with Crippen LogP contribution in [-0.2, 0) is 40.1 Å². The zero-order valence-electron chi connectivity index (χ0n) is 24.9. The molecule has 2 aromatic heterocycles. The lowest BCUT2D eigenvalue weighted by molar-refractivity contribution is -0.120. The fourth-order valence-electron chi connectivity index (χ4n) is 4.97. The van der Waals surface area contributed by atoms with Gasteiger partial charge in [-0.2, -0.15) is 0 Å². The van der Waals surface area contributed by atoms with E-state index in [9.17, 15) is 14.4 Å². The van der Waals surface area contributed by atoms with Crippen molar-refractivity contribution in [2.75, 3.05) is 18.5 Å². The van der Waals surface area contributed by atoms with Gasteiger partial charge in [-0.3, -0.25) is 14.2 Å². The van der Waals surface area contributed by atoms with Crippen molar-refractivity contribution in [1.29, 1.82) is 0 Å². The van der Waals surface area contributed by atoms with Gasteiger partial charge in [0.2, 0.25) is 11.8 Å². The fraction of sp³-hybridized carbons (Fsp3) is 0.344. The van der Waals surface area contributed by atoms with Crippen LogP contribution in [0.1, 0.15) is 59.4 Å². The van der Waals surface area contributed by atoms with E-state index in [2.05, 4.69) is 20.8 Å². The summed E-state index contributed by atoms with van der Waals surface area (Å²) in [5, 5.41) is 15.1. The molecule has 1 atom stereocenters. The number of fused-ring (bicyclic) bond motifs is 1. The van der Waals surface area contributed by atoms with Gasteiger partial charge in [-0.05, 0) is 75.4 Å². The summed E-state index contributed by atoms with van der Waals surface area (Å²) < 4.78 is 12.7. The van der Waals surface area contributed by atoms with Crippen LogP contribution in [0.3, 0.4) is 0 Å². The second-order valence-electron chi connectivity index (χ2n) is 10.1. The summed E-state index contributed by atoms with van der Waals surface area (Å²) >= 11 is 2.69. The number of thioether (sulfide) groups is 1. The number of aromatic nitrogens is 3. The first-order valence-corrected chi connectivity index (χ1v) is 16.3. The highest BCUT2D eigenvalue weighted by Crippen LogP contribution is 2.40. The van der Waals surface area contributed by atoms with Gasteiger partial charge >= 0.3 is 5.97 Å². The third-order valence-corrected chi connectivity index (χ3v) is 9.30. The molecule has 0 fully saturated rings. The third kappa shape index (κ3) is 7.31. The van der Waals surface area contributed by atoms with Crippen molar-refractivity contribution >= 4 is 45.9 Å². The van der Waals surface area contributed by atoms with Crippen LogP contribution in [0.5, 0.6) is 5.75 Å². The van der Waals surface area contributed by atoms with Crippen LogP contribution < -0.4 is 15.4 Å². The summed E-state index contributed by atoms with van der Waals surface area (Å²) in [6.45, 7) is 6.43. The van der Waals surface area contributed by atoms with Crippen LogP contribution in [0.25, 0.3) is 5.69 Å². The van der Waals surface area contributed by atoms with Crippen LogP contribution in [0.2, 0.25) is 0 Å². The number of benzene rings is 2. The van der Waals surface area contributed by atoms with Crippen LogP contribution >= 0.6 is 23.1 Å². The van der Waals surface area contributed by atoms with Crippen molar-refractivity contribution in [1.82, 2.24) is 20.1 Å². The summed E-state index contributed by atoms with van der Waals surface area (Å²) in [6, 6.07) is 17.0. The first-order valence-electron chi connectivity index (χ1n) is 14.6. The number of nitrogens with one attached hydrogen (secondary N) is 2. The number of nitrogens with zero attached hydrogens (tertiary/aromatic N) is 3. The molecular formula is C32H35N5O5S2. The summed E-state index contributed by atoms with van der Waals surface area (Å²) in [7, 11) is 0. The average molecular weight is 634 g/mol. The monoisotopic (exact) mass is 633 g/mol. The van der Waals surface area contributed by atoms with Crippen LogP contribution in [0.4, 0.5) is 5.00 Å². The molecule has 0 spiro atoms. The Kier molecular flexibility index (Phi) is 10.3. The normalized spacial score (nSPS) is 12.8. The maximum atomic E-state index is 13.4. The number of anilines is 1. The molecule has 10 nitrogen and oxygen atoms in total. The molecule has 2 amide bonds. The largest absolute Gasteiger partial charge is 0.494 e. The smallest absolute Gasteiger partial charge is 0.341 e. The first-order chi connectivity index (χ1) is 21.4. The Labute approximate surface area is 264 Å². The lowest BCUT2D eigenvalue weighted by atomic mass is 10.1. The molecule has 2 N–H and O–H groups in total. The zero-order chi connectivity index (χ0) is 31.1. The fourth-order valence-corrected chi connectivity index (χ4v) is 7.13. The third-order valence-electron chi connectivity index (χ3n) is 7.05. The predicted octanol–water partition coefficient (Wildman–Crippen LogP) is 5.37. The number of hydrogen-bond acceptors (Lipinski definition) is 9. The molecule has 5 rings (SSSR count). The van der Waals surface area contributed by atoms with Crippen molar-refractivity contribution < 1.29 is 23.9 Å². The van der Waals surface area contributed by atoms with Crippen molar-refractivity contribution in [3.63, 3.8) is 0 Å². The Hall–Kier alpha value is -4.16. The SMILES string of the molecule is CCOC(=O)c1c(NC(=O)C(C)Sc2nnc(CNC(=O)Cc3ccccc3)n2-c2ccc(OCC)cc2)sc2c1CCC2. The molecule has 0 radical (unpaired) electrons. The minimum atomic E-state index is -0.576. The number of esters is 1.